The van der Waals surface area contributed by atoms with Gasteiger partial charge in [-0.3, -0.25) is 4.79 Å². The van der Waals surface area contributed by atoms with E-state index in [2.05, 4.69) is 5.32 Å². The molecule has 1 saturated heterocycles. The fourth-order valence-electron chi connectivity index (χ4n) is 1.97. The molecule has 1 aliphatic heterocycles. The third kappa shape index (κ3) is 3.77. The Morgan fingerprint density at radius 2 is 2.19 bits per heavy atom. The summed E-state index contributed by atoms with van der Waals surface area (Å²) in [6.45, 7) is 2.85. The van der Waals surface area contributed by atoms with E-state index in [9.17, 15) is 14.0 Å². The predicted molar refractivity (Wildman–Crippen MR) is 76.3 cm³/mol. The highest BCUT2D eigenvalue weighted by Crippen LogP contribution is 2.24. The monoisotopic (exact) mass is 334 g/mol. The van der Waals surface area contributed by atoms with Crippen LogP contribution in [0.25, 0.3) is 0 Å². The number of carbonyl (C=O) groups excluding carboxylic acids is 2. The van der Waals surface area contributed by atoms with Crippen molar-refractivity contribution in [3.05, 3.63) is 33.6 Å². The van der Waals surface area contributed by atoms with Gasteiger partial charge in [0.25, 0.3) is 5.91 Å². The molecule has 1 heterocycles. The molecule has 1 fully saturated rings. The largest absolute Gasteiger partial charge is 0.448 e. The number of hydrogen-bond donors (Lipinski definition) is 1. The number of carbonyl (C=O) groups is 2. The Morgan fingerprint density at radius 3 is 2.81 bits per heavy atom. The maximum absolute atomic E-state index is 13.4. The van der Waals surface area contributed by atoms with Gasteiger partial charge >= 0.3 is 6.09 Å². The van der Waals surface area contributed by atoms with Crippen LogP contribution < -0.4 is 5.32 Å². The van der Waals surface area contributed by atoms with Crippen LogP contribution in [0.4, 0.5) is 9.18 Å². The van der Waals surface area contributed by atoms with Gasteiger partial charge in [0.1, 0.15) is 12.4 Å². The van der Waals surface area contributed by atoms with Gasteiger partial charge < -0.3 is 15.0 Å². The first-order chi connectivity index (χ1) is 9.88. The summed E-state index contributed by atoms with van der Waals surface area (Å²) < 4.78 is 18.2. The third-order valence-electron chi connectivity index (χ3n) is 2.97. The molecule has 0 spiro atoms. The van der Waals surface area contributed by atoms with Crippen molar-refractivity contribution in [1.82, 2.24) is 10.2 Å². The fraction of sp³-hybridized carbons (Fsp3) is 0.385. The van der Waals surface area contributed by atoms with Crippen molar-refractivity contribution in [3.8, 4) is 0 Å². The van der Waals surface area contributed by atoms with E-state index in [-0.39, 0.29) is 21.7 Å². The van der Waals surface area contributed by atoms with Gasteiger partial charge in [-0.15, -0.1) is 0 Å². The van der Waals surface area contributed by atoms with Crippen molar-refractivity contribution in [1.29, 1.82) is 0 Å². The van der Waals surface area contributed by atoms with Crippen LogP contribution in [0.3, 0.4) is 0 Å². The number of hydrogen-bond acceptors (Lipinski definition) is 3. The Morgan fingerprint density at radius 1 is 1.48 bits per heavy atom. The van der Waals surface area contributed by atoms with Crippen LogP contribution in [0.1, 0.15) is 17.3 Å². The van der Waals surface area contributed by atoms with Gasteiger partial charge in [0.2, 0.25) is 0 Å². The van der Waals surface area contributed by atoms with E-state index in [0.29, 0.717) is 19.7 Å². The minimum atomic E-state index is -0.720. The summed E-state index contributed by atoms with van der Waals surface area (Å²) in [5.41, 5.74) is -0.00517. The molecule has 0 aromatic heterocycles. The van der Waals surface area contributed by atoms with Gasteiger partial charge in [0.15, 0.2) is 0 Å². The van der Waals surface area contributed by atoms with Crippen molar-refractivity contribution in [2.75, 3.05) is 19.7 Å². The number of nitrogens with one attached hydrogen (secondary N) is 1. The highest BCUT2D eigenvalue weighted by Gasteiger charge is 2.24. The van der Waals surface area contributed by atoms with E-state index < -0.39 is 17.8 Å². The van der Waals surface area contributed by atoms with Crippen LogP contribution in [0.2, 0.25) is 10.0 Å². The summed E-state index contributed by atoms with van der Waals surface area (Å²) >= 11 is 11.5. The summed E-state index contributed by atoms with van der Waals surface area (Å²) in [6, 6.07) is 1.82. The Bertz CT molecular complexity index is 583. The second-order valence-corrected chi connectivity index (χ2v) is 5.50. The molecule has 2 amide bonds. The van der Waals surface area contributed by atoms with Crippen LogP contribution >= 0.6 is 23.2 Å². The van der Waals surface area contributed by atoms with Gasteiger partial charge in [0, 0.05) is 12.6 Å². The Balaban J connectivity index is 2.00. The normalized spacial score (nSPS) is 15.8. The minimum absolute atomic E-state index is 0.00517. The molecule has 21 heavy (non-hydrogen) atoms. The van der Waals surface area contributed by atoms with Crippen molar-refractivity contribution < 1.29 is 18.7 Å². The topological polar surface area (TPSA) is 58.6 Å². The van der Waals surface area contributed by atoms with Gasteiger partial charge in [-0.1, -0.05) is 23.2 Å². The lowest BCUT2D eigenvalue weighted by Gasteiger charge is -2.20. The lowest BCUT2D eigenvalue weighted by molar-refractivity contribution is 0.0930. The standard InChI is InChI=1S/C13H13Cl2FN2O3/c1-7(6-18-2-3-21-13(18)20)17-12(19)8-4-11(16)10(15)5-9(8)14/h4-5,7H,2-3,6H2,1H3,(H,17,19)/t7-/m1/s1. The number of cyclic esters (lactones) is 1. The van der Waals surface area contributed by atoms with Crippen molar-refractivity contribution in [3.63, 3.8) is 0 Å². The quantitative estimate of drug-likeness (QED) is 0.861. The Kier molecular flexibility index (Phi) is 4.90. The van der Waals surface area contributed by atoms with Crippen LogP contribution in [0.15, 0.2) is 12.1 Å². The first kappa shape index (κ1) is 15.9. The number of rotatable bonds is 4. The molecule has 1 atom stereocenters. The molecule has 0 aliphatic carbocycles. The van der Waals surface area contributed by atoms with E-state index in [1.165, 1.54) is 11.0 Å². The Labute approximate surface area is 130 Å². The van der Waals surface area contributed by atoms with Gasteiger partial charge in [-0.2, -0.15) is 0 Å². The number of amides is 2. The zero-order valence-corrected chi connectivity index (χ0v) is 12.7. The molecule has 0 unspecified atom stereocenters. The number of halogens is 3. The average molecular weight is 335 g/mol. The molecule has 5 nitrogen and oxygen atoms in total. The van der Waals surface area contributed by atoms with E-state index in [0.717, 1.165) is 6.07 Å². The first-order valence-corrected chi connectivity index (χ1v) is 7.01. The smallest absolute Gasteiger partial charge is 0.410 e. The lowest BCUT2D eigenvalue weighted by atomic mass is 10.2. The second kappa shape index (κ2) is 6.49. The van der Waals surface area contributed by atoms with Crippen LogP contribution in [0.5, 0.6) is 0 Å². The van der Waals surface area contributed by atoms with E-state index in [1.54, 1.807) is 6.92 Å². The predicted octanol–water partition coefficient (Wildman–Crippen LogP) is 2.70. The second-order valence-electron chi connectivity index (χ2n) is 4.68. The van der Waals surface area contributed by atoms with Crippen molar-refractivity contribution in [2.45, 2.75) is 13.0 Å². The van der Waals surface area contributed by atoms with Gasteiger partial charge in [-0.25, -0.2) is 9.18 Å². The highest BCUT2D eigenvalue weighted by atomic mass is 35.5. The molecule has 114 valence electrons. The highest BCUT2D eigenvalue weighted by molar-refractivity contribution is 6.36. The zero-order valence-electron chi connectivity index (χ0n) is 11.2. The summed E-state index contributed by atoms with van der Waals surface area (Å²) in [6.07, 6.45) is -0.410. The third-order valence-corrected chi connectivity index (χ3v) is 3.57. The van der Waals surface area contributed by atoms with Crippen LogP contribution in [0, 0.1) is 5.82 Å². The van der Waals surface area contributed by atoms with Crippen LogP contribution in [-0.2, 0) is 4.74 Å². The number of ether oxygens (including phenoxy) is 1. The van der Waals surface area contributed by atoms with E-state index in [1.807, 2.05) is 0 Å². The van der Waals surface area contributed by atoms with E-state index in [4.69, 9.17) is 27.9 Å². The molecular formula is C13H13Cl2FN2O3. The Hall–Kier alpha value is -1.53. The maximum Gasteiger partial charge on any atom is 0.410 e. The molecule has 1 N–H and O–H groups in total. The molecule has 8 heteroatoms. The fourth-order valence-corrected chi connectivity index (χ4v) is 2.43. The summed E-state index contributed by atoms with van der Waals surface area (Å²) in [7, 11) is 0. The molecular weight excluding hydrogens is 322 g/mol. The zero-order chi connectivity index (χ0) is 15.6. The summed E-state index contributed by atoms with van der Waals surface area (Å²) in [5.74, 6) is -1.25. The van der Waals surface area contributed by atoms with Gasteiger partial charge in [0.05, 0.1) is 22.2 Å². The molecule has 1 aliphatic rings. The van der Waals surface area contributed by atoms with Gasteiger partial charge in [-0.05, 0) is 19.1 Å². The molecule has 0 saturated carbocycles. The molecule has 1 aromatic rings. The average Bonchev–Trinajstić information content (AvgIpc) is 2.79. The minimum Gasteiger partial charge on any atom is -0.448 e. The van der Waals surface area contributed by atoms with Crippen LogP contribution in [-0.4, -0.2) is 42.6 Å². The molecule has 0 radical (unpaired) electrons. The SMILES string of the molecule is C[C@H](CN1CCOC1=O)NC(=O)c1cc(F)c(Cl)cc1Cl. The molecule has 0 bridgehead atoms. The summed E-state index contributed by atoms with van der Waals surface area (Å²) in [5, 5.41) is 2.56. The maximum atomic E-state index is 13.4. The summed E-state index contributed by atoms with van der Waals surface area (Å²) in [4.78, 5) is 24.8. The number of benzene rings is 1. The van der Waals surface area contributed by atoms with Crippen molar-refractivity contribution >= 4 is 35.2 Å². The molecule has 1 aromatic carbocycles. The lowest BCUT2D eigenvalue weighted by Crippen LogP contribution is -2.42. The van der Waals surface area contributed by atoms with E-state index >= 15 is 0 Å². The number of nitrogens with zero attached hydrogens (tertiary/aromatic N) is 1. The first-order valence-electron chi connectivity index (χ1n) is 6.25. The molecule has 2 rings (SSSR count). The van der Waals surface area contributed by atoms with Crippen molar-refractivity contribution in [2.24, 2.45) is 0 Å².